The number of ketones is 1. The minimum absolute atomic E-state index is 0.136. The van der Waals surface area contributed by atoms with Crippen molar-refractivity contribution < 1.29 is 31.5 Å². The average Bonchev–Trinajstić information content (AvgIpc) is 2.27. The summed E-state index contributed by atoms with van der Waals surface area (Å²) < 4.78 is 64.9. The zero-order valence-corrected chi connectivity index (χ0v) is 10.1. The maximum atomic E-state index is 12.5. The number of Topliss-reactive ketones (excluding diaryl/α,β-unsaturated/α-hetero) is 1. The van der Waals surface area contributed by atoms with Crippen LogP contribution in [0.15, 0.2) is 18.2 Å². The van der Waals surface area contributed by atoms with Gasteiger partial charge in [-0.3, -0.25) is 4.79 Å². The molecule has 0 atom stereocenters. The molecule has 1 aromatic carbocycles. The summed E-state index contributed by atoms with van der Waals surface area (Å²) in [6.07, 6.45) is -8.19. The fraction of sp³-hybridized carbons (Fsp3) is 0.364. The summed E-state index contributed by atoms with van der Waals surface area (Å²) in [6, 6.07) is 2.14. The summed E-state index contributed by atoms with van der Waals surface area (Å²) in [7, 11) is 0. The lowest BCUT2D eigenvalue weighted by molar-refractivity contribution is -0.274. The largest absolute Gasteiger partial charge is 0.573 e. The summed E-state index contributed by atoms with van der Waals surface area (Å²) in [5.41, 5.74) is -1.12. The molecule has 0 aliphatic heterocycles. The van der Waals surface area contributed by atoms with Gasteiger partial charge in [0.25, 0.3) is 6.43 Å². The van der Waals surface area contributed by atoms with Crippen LogP contribution in [-0.4, -0.2) is 18.0 Å². The average molecular weight is 303 g/mol. The Hall–Kier alpha value is -1.37. The lowest BCUT2D eigenvalue weighted by Crippen LogP contribution is -2.19. The van der Waals surface area contributed by atoms with Crippen molar-refractivity contribution in [3.05, 3.63) is 29.3 Å². The summed E-state index contributed by atoms with van der Waals surface area (Å²) in [5, 5.41) is 0. The molecule has 0 unspecified atom stereocenters. The number of hydrogen-bond donors (Lipinski definition) is 0. The Kier molecular flexibility index (Phi) is 5.11. The van der Waals surface area contributed by atoms with Gasteiger partial charge in [-0.1, -0.05) is 0 Å². The van der Waals surface area contributed by atoms with Gasteiger partial charge in [0.1, 0.15) is 5.75 Å². The highest BCUT2D eigenvalue weighted by Gasteiger charge is 2.33. The van der Waals surface area contributed by atoms with Crippen LogP contribution in [0.4, 0.5) is 22.0 Å². The van der Waals surface area contributed by atoms with Crippen LogP contribution in [0.3, 0.4) is 0 Å². The predicted octanol–water partition coefficient (Wildman–Crippen LogP) is 4.33. The van der Waals surface area contributed by atoms with E-state index in [0.717, 1.165) is 6.07 Å². The van der Waals surface area contributed by atoms with Crippen molar-refractivity contribution in [1.29, 1.82) is 0 Å². The maximum absolute atomic E-state index is 12.5. The van der Waals surface area contributed by atoms with Gasteiger partial charge >= 0.3 is 6.36 Å². The normalized spacial score (nSPS) is 11.7. The molecule has 0 N–H and O–H groups in total. The van der Waals surface area contributed by atoms with Crippen molar-refractivity contribution in [2.75, 3.05) is 5.88 Å². The molecule has 0 heterocycles. The van der Waals surface area contributed by atoms with Crippen LogP contribution < -0.4 is 4.74 Å². The molecule has 0 amide bonds. The van der Waals surface area contributed by atoms with Crippen LogP contribution in [0, 0.1) is 0 Å². The lowest BCUT2D eigenvalue weighted by atomic mass is 10.0. The first-order valence-corrected chi connectivity index (χ1v) is 5.55. The summed E-state index contributed by atoms with van der Waals surface area (Å²) in [6.45, 7) is 0. The molecule has 0 aliphatic rings. The SMILES string of the molecule is O=C(CCCl)c1cc(C(F)F)ccc1OC(F)(F)F. The van der Waals surface area contributed by atoms with Crippen LogP contribution in [0.1, 0.15) is 28.8 Å². The van der Waals surface area contributed by atoms with Gasteiger partial charge in [-0.15, -0.1) is 24.8 Å². The Morgan fingerprint density at radius 3 is 2.42 bits per heavy atom. The van der Waals surface area contributed by atoms with Gasteiger partial charge in [-0.25, -0.2) is 8.78 Å². The smallest absolute Gasteiger partial charge is 0.405 e. The van der Waals surface area contributed by atoms with E-state index in [1.807, 2.05) is 0 Å². The molecule has 0 aliphatic carbocycles. The Morgan fingerprint density at radius 1 is 1.32 bits per heavy atom. The predicted molar refractivity (Wildman–Crippen MR) is 57.7 cm³/mol. The van der Waals surface area contributed by atoms with Crippen LogP contribution in [0.25, 0.3) is 0 Å². The van der Waals surface area contributed by atoms with Crippen molar-refractivity contribution in [3.63, 3.8) is 0 Å². The minimum Gasteiger partial charge on any atom is -0.405 e. The standard InChI is InChI=1S/C11H8ClF5O2/c12-4-3-8(18)7-5-6(10(13)14)1-2-9(7)19-11(15,16)17/h1-2,5,10H,3-4H2. The third-order valence-corrected chi connectivity index (χ3v) is 2.29. The molecular formula is C11H8ClF5O2. The third-order valence-electron chi connectivity index (χ3n) is 2.10. The molecule has 106 valence electrons. The number of ether oxygens (including phenoxy) is 1. The first kappa shape index (κ1) is 15.7. The van der Waals surface area contributed by atoms with E-state index in [2.05, 4.69) is 4.74 Å². The van der Waals surface area contributed by atoms with Crippen LogP contribution >= 0.6 is 11.6 Å². The second-order valence-corrected chi connectivity index (χ2v) is 3.84. The molecule has 0 fully saturated rings. The fourth-order valence-corrected chi connectivity index (χ4v) is 1.51. The zero-order chi connectivity index (χ0) is 14.6. The van der Waals surface area contributed by atoms with E-state index in [9.17, 15) is 26.7 Å². The lowest BCUT2D eigenvalue weighted by Gasteiger charge is -2.13. The van der Waals surface area contributed by atoms with E-state index in [-0.39, 0.29) is 12.3 Å². The Morgan fingerprint density at radius 2 is 1.95 bits per heavy atom. The quantitative estimate of drug-likeness (QED) is 0.459. The van der Waals surface area contributed by atoms with Crippen molar-refractivity contribution >= 4 is 17.4 Å². The summed E-state index contributed by atoms with van der Waals surface area (Å²) in [4.78, 5) is 11.5. The molecule has 19 heavy (non-hydrogen) atoms. The zero-order valence-electron chi connectivity index (χ0n) is 9.31. The van der Waals surface area contributed by atoms with E-state index in [1.165, 1.54) is 0 Å². The Bertz CT molecular complexity index is 459. The molecule has 0 aromatic heterocycles. The number of hydrogen-bond acceptors (Lipinski definition) is 2. The molecule has 2 nitrogen and oxygen atoms in total. The van der Waals surface area contributed by atoms with Crippen LogP contribution in [0.5, 0.6) is 5.75 Å². The van der Waals surface area contributed by atoms with Crippen molar-refractivity contribution in [2.24, 2.45) is 0 Å². The molecule has 0 spiro atoms. The van der Waals surface area contributed by atoms with Gasteiger partial charge in [0.05, 0.1) is 5.56 Å². The minimum atomic E-state index is -5.01. The number of rotatable bonds is 5. The number of alkyl halides is 6. The number of benzene rings is 1. The highest BCUT2D eigenvalue weighted by molar-refractivity contribution is 6.19. The Balaban J connectivity index is 3.18. The molecule has 8 heteroatoms. The first-order chi connectivity index (χ1) is 8.74. The molecular weight excluding hydrogens is 295 g/mol. The monoisotopic (exact) mass is 302 g/mol. The second kappa shape index (κ2) is 6.18. The first-order valence-electron chi connectivity index (χ1n) is 5.01. The van der Waals surface area contributed by atoms with Gasteiger partial charge in [-0.2, -0.15) is 0 Å². The van der Waals surface area contributed by atoms with E-state index in [4.69, 9.17) is 11.6 Å². The molecule has 1 rings (SSSR count). The number of carbonyl (C=O) groups is 1. The van der Waals surface area contributed by atoms with Gasteiger partial charge in [0, 0.05) is 17.9 Å². The fourth-order valence-electron chi connectivity index (χ4n) is 1.34. The number of halogens is 6. The molecule has 1 aromatic rings. The highest BCUT2D eigenvalue weighted by Crippen LogP contribution is 2.31. The van der Waals surface area contributed by atoms with Gasteiger partial charge in [0.2, 0.25) is 0 Å². The van der Waals surface area contributed by atoms with E-state index >= 15 is 0 Å². The van der Waals surface area contributed by atoms with Crippen molar-refractivity contribution in [1.82, 2.24) is 0 Å². The second-order valence-electron chi connectivity index (χ2n) is 3.47. The molecule has 0 saturated heterocycles. The molecule has 0 radical (unpaired) electrons. The van der Waals surface area contributed by atoms with Crippen molar-refractivity contribution in [2.45, 2.75) is 19.2 Å². The topological polar surface area (TPSA) is 26.3 Å². The van der Waals surface area contributed by atoms with E-state index in [1.54, 1.807) is 0 Å². The van der Waals surface area contributed by atoms with Gasteiger partial charge in [-0.05, 0) is 18.2 Å². The number of carbonyl (C=O) groups excluding carboxylic acids is 1. The van der Waals surface area contributed by atoms with Gasteiger partial charge in [0.15, 0.2) is 5.78 Å². The van der Waals surface area contributed by atoms with Crippen LogP contribution in [0.2, 0.25) is 0 Å². The highest BCUT2D eigenvalue weighted by atomic mass is 35.5. The Labute approximate surface area is 110 Å². The summed E-state index contributed by atoms with van der Waals surface area (Å²) in [5.74, 6) is -1.74. The van der Waals surface area contributed by atoms with Gasteiger partial charge < -0.3 is 4.74 Å². The maximum Gasteiger partial charge on any atom is 0.573 e. The summed E-state index contributed by atoms with van der Waals surface area (Å²) >= 11 is 5.30. The third kappa shape index (κ3) is 4.66. The van der Waals surface area contributed by atoms with Crippen LogP contribution in [-0.2, 0) is 0 Å². The van der Waals surface area contributed by atoms with Crippen molar-refractivity contribution in [3.8, 4) is 5.75 Å². The van der Waals surface area contributed by atoms with E-state index < -0.39 is 35.4 Å². The molecule has 0 bridgehead atoms. The molecule has 0 saturated carbocycles. The van der Waals surface area contributed by atoms with E-state index in [0.29, 0.717) is 12.1 Å².